The average Bonchev–Trinajstić information content (AvgIpc) is 2.73. The third-order valence-electron chi connectivity index (χ3n) is 2.99. The van der Waals surface area contributed by atoms with Crippen molar-refractivity contribution in [2.75, 3.05) is 13.7 Å². The smallest absolute Gasteiger partial charge is 0.142 e. The lowest BCUT2D eigenvalue weighted by Crippen LogP contribution is -2.11. The maximum atomic E-state index is 11.8. The minimum absolute atomic E-state index is 0.168. The lowest BCUT2D eigenvalue weighted by molar-refractivity contribution is -0.119. The van der Waals surface area contributed by atoms with Gasteiger partial charge >= 0.3 is 0 Å². The van der Waals surface area contributed by atoms with Gasteiger partial charge in [-0.3, -0.25) is 4.79 Å². The SMILES string of the molecule is CCn1c(CC(=O)CCOC)nc2ccccc21. The molecule has 0 spiro atoms. The van der Waals surface area contributed by atoms with Crippen LogP contribution >= 0.6 is 0 Å². The fraction of sp³-hybridized carbons (Fsp3) is 0.429. The van der Waals surface area contributed by atoms with Gasteiger partial charge in [-0.05, 0) is 19.1 Å². The van der Waals surface area contributed by atoms with Gasteiger partial charge in [0.1, 0.15) is 11.6 Å². The Bertz CT molecular complexity index is 546. The third-order valence-corrected chi connectivity index (χ3v) is 2.99. The molecule has 0 saturated heterocycles. The number of aryl methyl sites for hydroxylation is 1. The van der Waals surface area contributed by atoms with E-state index in [2.05, 4.69) is 16.5 Å². The van der Waals surface area contributed by atoms with Crippen molar-refractivity contribution >= 4 is 16.8 Å². The number of carbonyl (C=O) groups excluding carboxylic acids is 1. The molecular weight excluding hydrogens is 228 g/mol. The second-order valence-electron chi connectivity index (χ2n) is 4.22. The number of para-hydroxylation sites is 2. The number of hydrogen-bond donors (Lipinski definition) is 0. The van der Waals surface area contributed by atoms with Crippen molar-refractivity contribution in [1.82, 2.24) is 9.55 Å². The molecule has 2 rings (SSSR count). The van der Waals surface area contributed by atoms with Gasteiger partial charge in [0, 0.05) is 20.1 Å². The molecule has 0 aliphatic carbocycles. The highest BCUT2D eigenvalue weighted by Gasteiger charge is 2.12. The van der Waals surface area contributed by atoms with Crippen LogP contribution < -0.4 is 0 Å². The van der Waals surface area contributed by atoms with E-state index in [4.69, 9.17) is 4.74 Å². The molecule has 0 fully saturated rings. The van der Waals surface area contributed by atoms with Gasteiger partial charge in [-0.1, -0.05) is 12.1 Å². The van der Waals surface area contributed by atoms with Crippen LogP contribution in [0.5, 0.6) is 0 Å². The Balaban J connectivity index is 2.24. The molecule has 0 atom stereocenters. The van der Waals surface area contributed by atoms with Gasteiger partial charge < -0.3 is 9.30 Å². The maximum Gasteiger partial charge on any atom is 0.142 e. The Labute approximate surface area is 107 Å². The van der Waals surface area contributed by atoms with Crippen LogP contribution in [0.25, 0.3) is 11.0 Å². The quantitative estimate of drug-likeness (QED) is 0.785. The van der Waals surface area contributed by atoms with Gasteiger partial charge in [0.05, 0.1) is 24.1 Å². The first-order chi connectivity index (χ1) is 8.76. The van der Waals surface area contributed by atoms with Crippen molar-refractivity contribution in [3.63, 3.8) is 0 Å². The van der Waals surface area contributed by atoms with Crippen molar-refractivity contribution in [2.24, 2.45) is 0 Å². The lowest BCUT2D eigenvalue weighted by atomic mass is 10.2. The van der Waals surface area contributed by atoms with Crippen molar-refractivity contribution in [2.45, 2.75) is 26.3 Å². The van der Waals surface area contributed by atoms with Gasteiger partial charge in [-0.15, -0.1) is 0 Å². The van der Waals surface area contributed by atoms with Crippen LogP contribution in [0.15, 0.2) is 24.3 Å². The van der Waals surface area contributed by atoms with Crippen LogP contribution in [0.4, 0.5) is 0 Å². The van der Waals surface area contributed by atoms with E-state index in [9.17, 15) is 4.79 Å². The van der Waals surface area contributed by atoms with Crippen LogP contribution in [0.2, 0.25) is 0 Å². The number of methoxy groups -OCH3 is 1. The molecule has 0 saturated carbocycles. The summed E-state index contributed by atoms with van der Waals surface area (Å²) in [4.78, 5) is 16.3. The average molecular weight is 246 g/mol. The van der Waals surface area contributed by atoms with Gasteiger partial charge in [0.25, 0.3) is 0 Å². The van der Waals surface area contributed by atoms with E-state index in [-0.39, 0.29) is 5.78 Å². The number of fused-ring (bicyclic) bond motifs is 1. The molecule has 0 aliphatic rings. The summed E-state index contributed by atoms with van der Waals surface area (Å²) >= 11 is 0. The van der Waals surface area contributed by atoms with Crippen molar-refractivity contribution in [1.29, 1.82) is 0 Å². The van der Waals surface area contributed by atoms with E-state index in [1.807, 2.05) is 24.3 Å². The molecular formula is C14H18N2O2. The molecule has 1 aromatic heterocycles. The molecule has 4 nitrogen and oxygen atoms in total. The van der Waals surface area contributed by atoms with Crippen molar-refractivity contribution in [3.8, 4) is 0 Å². The molecule has 18 heavy (non-hydrogen) atoms. The number of ketones is 1. The van der Waals surface area contributed by atoms with E-state index in [1.54, 1.807) is 7.11 Å². The predicted octanol–water partition coefficient (Wildman–Crippen LogP) is 2.20. The van der Waals surface area contributed by atoms with E-state index in [1.165, 1.54) is 0 Å². The second-order valence-corrected chi connectivity index (χ2v) is 4.22. The molecule has 0 bridgehead atoms. The molecule has 0 radical (unpaired) electrons. The second kappa shape index (κ2) is 5.78. The van der Waals surface area contributed by atoms with E-state index in [0.717, 1.165) is 23.4 Å². The summed E-state index contributed by atoms with van der Waals surface area (Å²) in [5.74, 6) is 1.02. The number of Topliss-reactive ketones (excluding diaryl/α,β-unsaturated/α-hetero) is 1. The number of hydrogen-bond acceptors (Lipinski definition) is 3. The van der Waals surface area contributed by atoms with Crippen LogP contribution in [-0.4, -0.2) is 29.1 Å². The molecule has 0 aliphatic heterocycles. The predicted molar refractivity (Wildman–Crippen MR) is 70.6 cm³/mol. The van der Waals surface area contributed by atoms with Crippen molar-refractivity contribution < 1.29 is 9.53 Å². The monoisotopic (exact) mass is 246 g/mol. The topological polar surface area (TPSA) is 44.1 Å². The maximum absolute atomic E-state index is 11.8. The minimum Gasteiger partial charge on any atom is -0.384 e. The van der Waals surface area contributed by atoms with E-state index < -0.39 is 0 Å². The first kappa shape index (κ1) is 12.8. The Morgan fingerprint density at radius 1 is 1.39 bits per heavy atom. The molecule has 1 heterocycles. The van der Waals surface area contributed by atoms with Crippen LogP contribution in [0.1, 0.15) is 19.2 Å². The zero-order valence-corrected chi connectivity index (χ0v) is 10.8. The molecule has 96 valence electrons. The number of aromatic nitrogens is 2. The Morgan fingerprint density at radius 2 is 2.17 bits per heavy atom. The summed E-state index contributed by atoms with van der Waals surface area (Å²) in [6.07, 6.45) is 0.829. The Hall–Kier alpha value is -1.68. The summed E-state index contributed by atoms with van der Waals surface area (Å²) in [6, 6.07) is 7.97. The molecule has 0 amide bonds. The van der Waals surface area contributed by atoms with Gasteiger partial charge in [-0.2, -0.15) is 0 Å². The molecule has 0 unspecified atom stereocenters. The minimum atomic E-state index is 0.168. The number of carbonyl (C=O) groups is 1. The molecule has 0 N–H and O–H groups in total. The van der Waals surface area contributed by atoms with E-state index >= 15 is 0 Å². The lowest BCUT2D eigenvalue weighted by Gasteiger charge is -2.05. The molecule has 2 aromatic rings. The van der Waals surface area contributed by atoms with Gasteiger partial charge in [-0.25, -0.2) is 4.98 Å². The zero-order chi connectivity index (χ0) is 13.0. The largest absolute Gasteiger partial charge is 0.384 e. The standard InChI is InChI=1S/C14H18N2O2/c1-3-16-13-7-5-4-6-12(13)15-14(16)10-11(17)8-9-18-2/h4-7H,3,8-10H2,1-2H3. The normalized spacial score (nSPS) is 11.0. The molecule has 4 heteroatoms. The van der Waals surface area contributed by atoms with Crippen molar-refractivity contribution in [3.05, 3.63) is 30.1 Å². The highest BCUT2D eigenvalue weighted by molar-refractivity contribution is 5.82. The number of benzene rings is 1. The third kappa shape index (κ3) is 2.59. The number of rotatable bonds is 6. The van der Waals surface area contributed by atoms with Crippen LogP contribution in [0, 0.1) is 0 Å². The van der Waals surface area contributed by atoms with Crippen LogP contribution in [-0.2, 0) is 22.5 Å². The summed E-state index contributed by atoms with van der Waals surface area (Å²) in [5, 5.41) is 0. The number of ether oxygens (including phenoxy) is 1. The summed E-state index contributed by atoms with van der Waals surface area (Å²) in [5.41, 5.74) is 2.04. The Kier molecular flexibility index (Phi) is 4.10. The fourth-order valence-electron chi connectivity index (χ4n) is 2.09. The summed E-state index contributed by atoms with van der Waals surface area (Å²) in [7, 11) is 1.61. The number of nitrogens with zero attached hydrogens (tertiary/aromatic N) is 2. The van der Waals surface area contributed by atoms with E-state index in [0.29, 0.717) is 19.4 Å². The number of imidazole rings is 1. The Morgan fingerprint density at radius 3 is 2.89 bits per heavy atom. The first-order valence-electron chi connectivity index (χ1n) is 6.21. The zero-order valence-electron chi connectivity index (χ0n) is 10.8. The fourth-order valence-corrected chi connectivity index (χ4v) is 2.09. The summed E-state index contributed by atoms with van der Waals surface area (Å²) in [6.45, 7) is 3.37. The first-order valence-corrected chi connectivity index (χ1v) is 6.21. The van der Waals surface area contributed by atoms with Crippen LogP contribution in [0.3, 0.4) is 0 Å². The van der Waals surface area contributed by atoms with Gasteiger partial charge in [0.15, 0.2) is 0 Å². The highest BCUT2D eigenvalue weighted by atomic mass is 16.5. The highest BCUT2D eigenvalue weighted by Crippen LogP contribution is 2.16. The summed E-state index contributed by atoms with van der Waals surface area (Å²) < 4.78 is 7.01. The molecule has 1 aromatic carbocycles. The van der Waals surface area contributed by atoms with Gasteiger partial charge in [0.2, 0.25) is 0 Å².